The van der Waals surface area contributed by atoms with Crippen molar-refractivity contribution < 1.29 is 14.4 Å². The van der Waals surface area contributed by atoms with Crippen LogP contribution < -0.4 is 15.5 Å². The van der Waals surface area contributed by atoms with Gasteiger partial charge in [0.25, 0.3) is 11.8 Å². The second-order valence-electron chi connectivity index (χ2n) is 12.4. The van der Waals surface area contributed by atoms with E-state index in [1.807, 2.05) is 25.1 Å². The van der Waals surface area contributed by atoms with Gasteiger partial charge in [0, 0.05) is 40.1 Å². The van der Waals surface area contributed by atoms with Crippen LogP contribution in [0, 0.1) is 0 Å². The number of nitrogens with one attached hydrogen (secondary N) is 3. The molecule has 4 amide bonds. The van der Waals surface area contributed by atoms with E-state index in [-0.39, 0.29) is 35.0 Å². The van der Waals surface area contributed by atoms with Crippen molar-refractivity contribution in [2.75, 3.05) is 11.4 Å². The maximum absolute atomic E-state index is 13.9. The molecule has 38 heavy (non-hydrogen) atoms. The van der Waals surface area contributed by atoms with Gasteiger partial charge < -0.3 is 20.5 Å². The fraction of sp³-hybridized carbons (Fsp3) is 0.433. The number of carbonyl (C=O) groups is 3. The number of nitrogens with zero attached hydrogens (tertiary/aromatic N) is 2. The van der Waals surface area contributed by atoms with Crippen LogP contribution in [-0.4, -0.2) is 51.4 Å². The van der Waals surface area contributed by atoms with Gasteiger partial charge in [-0.05, 0) is 89.8 Å². The summed E-state index contributed by atoms with van der Waals surface area (Å²) < 4.78 is 0. The minimum Gasteiger partial charge on any atom is -0.356 e. The zero-order chi connectivity index (χ0) is 27.0. The van der Waals surface area contributed by atoms with Crippen molar-refractivity contribution in [1.82, 2.24) is 20.5 Å². The second-order valence-corrected chi connectivity index (χ2v) is 12.4. The topological polar surface area (TPSA) is 97.5 Å². The molecule has 1 atom stereocenters. The number of urea groups is 1. The van der Waals surface area contributed by atoms with Crippen molar-refractivity contribution in [2.45, 2.75) is 76.5 Å². The van der Waals surface area contributed by atoms with Gasteiger partial charge in [-0.15, -0.1) is 0 Å². The maximum atomic E-state index is 13.9. The van der Waals surface area contributed by atoms with Crippen LogP contribution in [0.2, 0.25) is 0 Å². The number of aromatic amines is 1. The van der Waals surface area contributed by atoms with Gasteiger partial charge in [-0.1, -0.05) is 18.2 Å². The molecule has 198 valence electrons. The van der Waals surface area contributed by atoms with Gasteiger partial charge in [-0.3, -0.25) is 9.59 Å². The summed E-state index contributed by atoms with van der Waals surface area (Å²) >= 11 is 0. The molecule has 1 aromatic heterocycles. The molecule has 2 aromatic carbocycles. The van der Waals surface area contributed by atoms with E-state index in [4.69, 9.17) is 0 Å². The molecular formula is C30H35N5O3. The first-order valence-electron chi connectivity index (χ1n) is 13.4. The minimum absolute atomic E-state index is 0.0524. The van der Waals surface area contributed by atoms with Crippen molar-refractivity contribution in [3.05, 3.63) is 65.4 Å². The first kappa shape index (κ1) is 24.7. The number of aromatic nitrogens is 1. The number of piperidine rings is 1. The van der Waals surface area contributed by atoms with Crippen LogP contribution in [0.3, 0.4) is 0 Å². The van der Waals surface area contributed by atoms with Gasteiger partial charge >= 0.3 is 6.03 Å². The van der Waals surface area contributed by atoms with E-state index in [0.717, 1.165) is 35.0 Å². The molecule has 6 rings (SSSR count). The molecule has 0 spiro atoms. The smallest absolute Gasteiger partial charge is 0.332 e. The number of H-pyrrole nitrogens is 1. The number of imide groups is 1. The number of hydrogen-bond donors (Lipinski definition) is 3. The predicted octanol–water partition coefficient (Wildman–Crippen LogP) is 4.45. The number of carbonyl (C=O) groups excluding carboxylic acids is 3. The molecule has 3 aliphatic heterocycles. The second kappa shape index (κ2) is 8.17. The number of para-hydroxylation sites is 1. The first-order chi connectivity index (χ1) is 17.9. The Morgan fingerprint density at radius 2 is 1.61 bits per heavy atom. The lowest BCUT2D eigenvalue weighted by molar-refractivity contribution is -0.125. The zero-order valence-corrected chi connectivity index (χ0v) is 22.6. The lowest BCUT2D eigenvalue weighted by Crippen LogP contribution is -2.62. The van der Waals surface area contributed by atoms with Crippen molar-refractivity contribution >= 4 is 34.4 Å². The molecule has 3 N–H and O–H groups in total. The van der Waals surface area contributed by atoms with Crippen LogP contribution in [-0.2, 0) is 16.8 Å². The summed E-state index contributed by atoms with van der Waals surface area (Å²) in [5, 5.41) is 7.91. The van der Waals surface area contributed by atoms with Gasteiger partial charge in [0.1, 0.15) is 0 Å². The van der Waals surface area contributed by atoms with Crippen LogP contribution in [0.5, 0.6) is 0 Å². The molecule has 4 heterocycles. The number of benzene rings is 2. The number of amides is 4. The van der Waals surface area contributed by atoms with Gasteiger partial charge in [0.2, 0.25) is 0 Å². The molecule has 0 bridgehead atoms. The van der Waals surface area contributed by atoms with Crippen molar-refractivity contribution in [2.24, 2.45) is 0 Å². The standard InChI is InChI=1S/C30H35N5O3/c1-28(2)16-19(17-29(3,4)33-28)31-25(36)18-10-12-20(13-11-18)35-26(37)30(5)24-22(14-15-34(30)27(35)38)21-8-6-7-9-23(21)32-24/h6-13,19,32-33H,14-17H2,1-5H3,(H,31,36)/t30-/m0/s1. The van der Waals surface area contributed by atoms with E-state index in [0.29, 0.717) is 24.2 Å². The Balaban J connectivity index is 1.25. The summed E-state index contributed by atoms with van der Waals surface area (Å²) in [6, 6.07) is 14.5. The van der Waals surface area contributed by atoms with Crippen LogP contribution in [0.4, 0.5) is 10.5 Å². The molecule has 8 heteroatoms. The summed E-state index contributed by atoms with van der Waals surface area (Å²) in [4.78, 5) is 46.8. The van der Waals surface area contributed by atoms with E-state index in [9.17, 15) is 14.4 Å². The molecule has 3 aromatic rings. The Bertz CT molecular complexity index is 1450. The fourth-order valence-corrected chi connectivity index (χ4v) is 7.07. The molecule has 2 saturated heterocycles. The normalized spacial score (nSPS) is 24.4. The number of fused-ring (bicyclic) bond motifs is 5. The Kier molecular flexibility index (Phi) is 5.31. The SMILES string of the molecule is CC1(C)CC(NC(=O)c2ccc(N3C(=O)N4CCc5c([nH]c6ccccc56)[C@@]4(C)C3=O)cc2)CC(C)(C)N1. The van der Waals surface area contributed by atoms with E-state index in [1.54, 1.807) is 29.2 Å². The van der Waals surface area contributed by atoms with Gasteiger partial charge in [-0.2, -0.15) is 0 Å². The van der Waals surface area contributed by atoms with E-state index >= 15 is 0 Å². The molecule has 8 nitrogen and oxygen atoms in total. The minimum atomic E-state index is -1.10. The summed E-state index contributed by atoms with van der Waals surface area (Å²) in [5.74, 6) is -0.437. The quantitative estimate of drug-likeness (QED) is 0.451. The van der Waals surface area contributed by atoms with E-state index in [1.165, 1.54) is 4.90 Å². The maximum Gasteiger partial charge on any atom is 0.332 e. The Hall–Kier alpha value is -3.65. The predicted molar refractivity (Wildman–Crippen MR) is 147 cm³/mol. The third-order valence-electron chi connectivity index (χ3n) is 8.38. The summed E-state index contributed by atoms with van der Waals surface area (Å²) in [5.41, 5.74) is 2.57. The average molecular weight is 514 g/mol. The summed E-state index contributed by atoms with van der Waals surface area (Å²) in [6.45, 7) is 10.9. The molecule has 0 radical (unpaired) electrons. The molecular weight excluding hydrogens is 478 g/mol. The highest BCUT2D eigenvalue weighted by Gasteiger charge is 2.59. The van der Waals surface area contributed by atoms with Crippen LogP contribution in [0.25, 0.3) is 10.9 Å². The fourth-order valence-electron chi connectivity index (χ4n) is 7.07. The molecule has 0 unspecified atom stereocenters. The average Bonchev–Trinajstić information content (AvgIpc) is 3.31. The Labute approximate surface area is 222 Å². The van der Waals surface area contributed by atoms with Crippen LogP contribution >= 0.6 is 0 Å². The first-order valence-corrected chi connectivity index (χ1v) is 13.4. The Morgan fingerprint density at radius 1 is 0.947 bits per heavy atom. The summed E-state index contributed by atoms with van der Waals surface area (Å²) in [7, 11) is 0. The number of anilines is 1. The number of rotatable bonds is 3. The lowest BCUT2D eigenvalue weighted by atomic mass is 9.79. The molecule has 0 saturated carbocycles. The Morgan fingerprint density at radius 3 is 2.29 bits per heavy atom. The van der Waals surface area contributed by atoms with Crippen molar-refractivity contribution in [3.63, 3.8) is 0 Å². The van der Waals surface area contributed by atoms with Crippen LogP contribution in [0.1, 0.15) is 69.1 Å². The van der Waals surface area contributed by atoms with Crippen molar-refractivity contribution in [3.8, 4) is 0 Å². The van der Waals surface area contributed by atoms with E-state index in [2.05, 4.69) is 49.4 Å². The highest BCUT2D eigenvalue weighted by Crippen LogP contribution is 2.45. The monoisotopic (exact) mass is 513 g/mol. The third-order valence-corrected chi connectivity index (χ3v) is 8.38. The molecule has 3 aliphatic rings. The summed E-state index contributed by atoms with van der Waals surface area (Å²) in [6.07, 6.45) is 2.35. The largest absolute Gasteiger partial charge is 0.356 e. The lowest BCUT2D eigenvalue weighted by Gasteiger charge is -2.46. The van der Waals surface area contributed by atoms with Crippen molar-refractivity contribution in [1.29, 1.82) is 0 Å². The van der Waals surface area contributed by atoms with Crippen LogP contribution in [0.15, 0.2) is 48.5 Å². The highest BCUT2D eigenvalue weighted by atomic mass is 16.2. The zero-order valence-electron chi connectivity index (χ0n) is 22.6. The molecule has 2 fully saturated rings. The van der Waals surface area contributed by atoms with Gasteiger partial charge in [0.05, 0.1) is 11.4 Å². The van der Waals surface area contributed by atoms with Gasteiger partial charge in [0.15, 0.2) is 5.54 Å². The highest BCUT2D eigenvalue weighted by molar-refractivity contribution is 6.23. The van der Waals surface area contributed by atoms with Gasteiger partial charge in [-0.25, -0.2) is 9.69 Å². The molecule has 0 aliphatic carbocycles. The van der Waals surface area contributed by atoms with E-state index < -0.39 is 5.54 Å². The number of hydrogen-bond acceptors (Lipinski definition) is 4. The third kappa shape index (κ3) is 3.73.